The van der Waals surface area contributed by atoms with Gasteiger partial charge in [0.05, 0.1) is 0 Å². The molecule has 0 radical (unpaired) electrons. The van der Waals surface area contributed by atoms with Crippen LogP contribution >= 0.6 is 12.2 Å². The molecular weight excluding hydrogens is 216 g/mol. The lowest BCUT2D eigenvalue weighted by molar-refractivity contribution is -0.277. The van der Waals surface area contributed by atoms with Gasteiger partial charge in [-0.15, -0.1) is 0 Å². The summed E-state index contributed by atoms with van der Waals surface area (Å²) in [7, 11) is 0. The predicted octanol–water partition coefficient (Wildman–Crippen LogP) is -2.82. The molecule has 78 valence electrons. The summed E-state index contributed by atoms with van der Waals surface area (Å²) in [6.07, 6.45) is -4.05. The summed E-state index contributed by atoms with van der Waals surface area (Å²) in [5.41, 5.74) is 4.99. The van der Waals surface area contributed by atoms with E-state index in [1.54, 1.807) is 0 Å². The van der Waals surface area contributed by atoms with Gasteiger partial charge in [-0.25, -0.2) is 9.59 Å². The third-order valence-electron chi connectivity index (χ3n) is 1.31. The fourth-order valence-corrected chi connectivity index (χ4v) is 0.712. The van der Waals surface area contributed by atoms with Crippen molar-refractivity contribution < 1.29 is 29.5 Å². The Morgan fingerprint density at radius 1 is 1.29 bits per heavy atom. The number of aliphatic hydroxyl groups excluding tert-OH is 2. The number of thiocarbonyl (C=S) groups is 1. The normalized spacial score (nSPS) is 27.7. The first-order valence-electron chi connectivity index (χ1n) is 3.33. The largest absolute Gasteiger partial charge is 0.379 e. The summed E-state index contributed by atoms with van der Waals surface area (Å²) in [6.45, 7) is 0. The highest BCUT2D eigenvalue weighted by Gasteiger charge is 2.40. The molecule has 0 amide bonds. The number of aliphatic hydroxyl groups is 2. The number of nitrogens with zero attached hydrogens (tertiary/aromatic N) is 1. The van der Waals surface area contributed by atoms with Gasteiger partial charge in [0, 0.05) is 5.23 Å². The van der Waals surface area contributed by atoms with E-state index in [2.05, 4.69) is 21.9 Å². The van der Waals surface area contributed by atoms with Crippen molar-refractivity contribution in [2.24, 2.45) is 5.73 Å². The van der Waals surface area contributed by atoms with Crippen LogP contribution in [0.15, 0.2) is 0 Å². The van der Waals surface area contributed by atoms with Crippen molar-refractivity contribution in [3.63, 3.8) is 0 Å². The molecule has 14 heavy (non-hydrogen) atoms. The minimum atomic E-state index is -2.03. The molecule has 0 aromatic carbocycles. The number of carbonyl (C=O) groups excluding carboxylic acids is 2. The molecule has 2 unspecified atom stereocenters. The quantitative estimate of drug-likeness (QED) is 0.372. The highest BCUT2D eigenvalue weighted by molar-refractivity contribution is 7.80. The lowest BCUT2D eigenvalue weighted by Gasteiger charge is -2.14. The third-order valence-corrected chi connectivity index (χ3v) is 1.46. The van der Waals surface area contributed by atoms with E-state index in [9.17, 15) is 9.59 Å². The Hall–Kier alpha value is -1.45. The summed E-state index contributed by atoms with van der Waals surface area (Å²) in [5, 5.41) is 17.5. The molecule has 0 aromatic rings. The second-order valence-corrected chi connectivity index (χ2v) is 2.72. The standard InChI is InChI=1S/C5H6N2O6S/c6-5(14)7-12-3(10)1(8)2(9)4(11)13-7/h1-2,8-9H,(H2,6,14). The number of hydroxylamine groups is 2. The molecule has 0 aromatic heterocycles. The van der Waals surface area contributed by atoms with E-state index >= 15 is 0 Å². The molecular formula is C5H6N2O6S. The lowest BCUT2D eigenvalue weighted by atomic mass is 10.2. The number of carbonyl (C=O) groups is 2. The monoisotopic (exact) mass is 222 g/mol. The molecule has 1 heterocycles. The van der Waals surface area contributed by atoms with Crippen LogP contribution in [0.1, 0.15) is 0 Å². The minimum Gasteiger partial charge on any atom is -0.379 e. The van der Waals surface area contributed by atoms with Crippen LogP contribution < -0.4 is 5.73 Å². The fraction of sp³-hybridized carbons (Fsp3) is 0.400. The second-order valence-electron chi connectivity index (χ2n) is 2.31. The lowest BCUT2D eigenvalue weighted by Crippen LogP contribution is -2.38. The molecule has 0 bridgehead atoms. The van der Waals surface area contributed by atoms with Gasteiger partial charge in [0.1, 0.15) is 0 Å². The summed E-state index contributed by atoms with van der Waals surface area (Å²) in [5.74, 6) is -2.59. The van der Waals surface area contributed by atoms with Crippen LogP contribution in [0.3, 0.4) is 0 Å². The summed E-state index contributed by atoms with van der Waals surface area (Å²) >= 11 is 4.34. The van der Waals surface area contributed by atoms with Gasteiger partial charge in [-0.1, -0.05) is 0 Å². The first kappa shape index (κ1) is 10.6. The third kappa shape index (κ3) is 1.89. The van der Waals surface area contributed by atoms with Gasteiger partial charge in [-0.2, -0.15) is 0 Å². The molecule has 1 rings (SSSR count). The van der Waals surface area contributed by atoms with Crippen molar-refractivity contribution in [1.82, 2.24) is 5.23 Å². The Labute approximate surface area is 82.7 Å². The predicted molar refractivity (Wildman–Crippen MR) is 42.8 cm³/mol. The van der Waals surface area contributed by atoms with Crippen molar-refractivity contribution in [3.05, 3.63) is 0 Å². The molecule has 8 nitrogen and oxygen atoms in total. The van der Waals surface area contributed by atoms with Gasteiger partial charge in [0.15, 0.2) is 12.2 Å². The average Bonchev–Trinajstić information content (AvgIpc) is 2.20. The molecule has 1 saturated heterocycles. The zero-order chi connectivity index (χ0) is 10.9. The zero-order valence-corrected chi connectivity index (χ0v) is 7.43. The van der Waals surface area contributed by atoms with Gasteiger partial charge in [-0.3, -0.25) is 0 Å². The van der Waals surface area contributed by atoms with E-state index in [0.29, 0.717) is 0 Å². The maximum Gasteiger partial charge on any atom is 0.368 e. The molecule has 2 atom stereocenters. The van der Waals surface area contributed by atoms with Crippen LogP contribution in [0.4, 0.5) is 0 Å². The topological polar surface area (TPSA) is 122 Å². The van der Waals surface area contributed by atoms with Crippen LogP contribution in [0.2, 0.25) is 0 Å². The summed E-state index contributed by atoms with van der Waals surface area (Å²) in [4.78, 5) is 30.1. The molecule has 1 fully saturated rings. The Morgan fingerprint density at radius 2 is 1.64 bits per heavy atom. The first-order valence-corrected chi connectivity index (χ1v) is 3.73. The molecule has 0 spiro atoms. The van der Waals surface area contributed by atoms with E-state index in [0.717, 1.165) is 0 Å². The Kier molecular flexibility index (Phi) is 2.84. The zero-order valence-electron chi connectivity index (χ0n) is 6.61. The molecule has 0 aliphatic carbocycles. The summed E-state index contributed by atoms with van der Waals surface area (Å²) < 4.78 is 0. The van der Waals surface area contributed by atoms with Crippen molar-refractivity contribution in [3.8, 4) is 0 Å². The van der Waals surface area contributed by atoms with Crippen molar-refractivity contribution in [2.45, 2.75) is 12.2 Å². The van der Waals surface area contributed by atoms with Crippen LogP contribution in [0.25, 0.3) is 0 Å². The highest BCUT2D eigenvalue weighted by atomic mass is 32.1. The van der Waals surface area contributed by atoms with E-state index in [1.165, 1.54) is 0 Å². The van der Waals surface area contributed by atoms with Crippen molar-refractivity contribution >= 4 is 29.3 Å². The smallest absolute Gasteiger partial charge is 0.368 e. The minimum absolute atomic E-state index is 0.138. The van der Waals surface area contributed by atoms with Gasteiger partial charge in [0.2, 0.25) is 5.11 Å². The molecule has 0 saturated carbocycles. The maximum atomic E-state index is 10.9. The van der Waals surface area contributed by atoms with E-state index in [1.807, 2.05) is 0 Å². The molecule has 9 heteroatoms. The second kappa shape index (κ2) is 3.74. The number of hydrogen-bond donors (Lipinski definition) is 3. The number of nitrogens with two attached hydrogens (primary N) is 1. The van der Waals surface area contributed by atoms with E-state index < -0.39 is 29.3 Å². The first-order chi connectivity index (χ1) is 6.43. The Balaban J connectivity index is 2.88. The van der Waals surface area contributed by atoms with Crippen LogP contribution in [0, 0.1) is 0 Å². The SMILES string of the molecule is NC(=S)N1OC(=O)C(O)C(O)C(=O)O1. The van der Waals surface area contributed by atoms with Crippen LogP contribution in [-0.4, -0.2) is 44.7 Å². The maximum absolute atomic E-state index is 10.9. The van der Waals surface area contributed by atoms with Gasteiger partial charge >= 0.3 is 11.9 Å². The average molecular weight is 222 g/mol. The van der Waals surface area contributed by atoms with Crippen molar-refractivity contribution in [2.75, 3.05) is 0 Å². The van der Waals surface area contributed by atoms with Gasteiger partial charge < -0.3 is 25.6 Å². The van der Waals surface area contributed by atoms with Gasteiger partial charge in [0.25, 0.3) is 0 Å². The Bertz CT molecular complexity index is 272. The molecule has 1 aliphatic rings. The Morgan fingerprint density at radius 3 is 1.93 bits per heavy atom. The van der Waals surface area contributed by atoms with Crippen molar-refractivity contribution in [1.29, 1.82) is 0 Å². The number of hydrogen-bond acceptors (Lipinski definition) is 7. The van der Waals surface area contributed by atoms with Gasteiger partial charge in [-0.05, 0) is 12.2 Å². The van der Waals surface area contributed by atoms with Crippen LogP contribution in [0.5, 0.6) is 0 Å². The number of rotatable bonds is 0. The highest BCUT2D eigenvalue weighted by Crippen LogP contribution is 2.08. The fourth-order valence-electron chi connectivity index (χ4n) is 0.638. The molecule has 1 aliphatic heterocycles. The van der Waals surface area contributed by atoms with E-state index in [4.69, 9.17) is 15.9 Å². The van der Waals surface area contributed by atoms with Crippen LogP contribution in [-0.2, 0) is 19.3 Å². The molecule has 4 N–H and O–H groups in total. The van der Waals surface area contributed by atoms with E-state index in [-0.39, 0.29) is 5.23 Å². The summed E-state index contributed by atoms with van der Waals surface area (Å²) in [6, 6.07) is 0.